The quantitative estimate of drug-likeness (QED) is 0.232. The minimum atomic E-state index is -0.904. The van der Waals surface area contributed by atoms with E-state index in [4.69, 9.17) is 18.9 Å². The summed E-state index contributed by atoms with van der Waals surface area (Å²) in [6, 6.07) is 14.1. The minimum Gasteiger partial charge on any atom is -0.384 e. The third-order valence-corrected chi connectivity index (χ3v) is 7.93. The summed E-state index contributed by atoms with van der Waals surface area (Å²) in [5, 5.41) is 11.1. The number of Topliss-reactive ketones (excluding diaryl/α,β-unsaturated/α-hetero) is 2. The van der Waals surface area contributed by atoms with E-state index in [0.717, 1.165) is 0 Å². The van der Waals surface area contributed by atoms with E-state index in [1.54, 1.807) is 77.0 Å². The zero-order valence-electron chi connectivity index (χ0n) is 26.6. The smallest absolute Gasteiger partial charge is 0.182 e. The van der Waals surface area contributed by atoms with E-state index in [1.165, 1.54) is 0 Å². The summed E-state index contributed by atoms with van der Waals surface area (Å²) in [6.45, 7) is 12.1. The summed E-state index contributed by atoms with van der Waals surface area (Å²) >= 11 is 0. The van der Waals surface area contributed by atoms with E-state index in [1.807, 2.05) is 27.7 Å². The van der Waals surface area contributed by atoms with Gasteiger partial charge in [-0.1, -0.05) is 48.5 Å². The molecule has 0 aliphatic rings. The van der Waals surface area contributed by atoms with Gasteiger partial charge in [0.05, 0.1) is 37.5 Å². The van der Waals surface area contributed by atoms with Crippen molar-refractivity contribution in [2.45, 2.75) is 44.9 Å². The molecule has 2 aromatic carbocycles. The molecule has 2 rings (SSSR count). The molecule has 0 radical (unpaired) electrons. The van der Waals surface area contributed by atoms with Crippen LogP contribution in [0.4, 0.5) is 0 Å². The average molecular weight is 587 g/mol. The minimum absolute atomic E-state index is 0.0220. The summed E-state index contributed by atoms with van der Waals surface area (Å²) in [7, 11) is 6.56. The van der Waals surface area contributed by atoms with Crippen LogP contribution in [0.2, 0.25) is 0 Å². The summed E-state index contributed by atoms with van der Waals surface area (Å²) < 4.78 is 21.0. The second-order valence-electron chi connectivity index (χ2n) is 11.4. The predicted molar refractivity (Wildman–Crippen MR) is 164 cm³/mol. The van der Waals surface area contributed by atoms with Crippen molar-refractivity contribution in [2.24, 2.45) is 0 Å². The SMILES string of the molecule is COCCN(CCOC)C(C)(C)C(=O)c1ccc(C(O)c2ccc(C(=O)C(C)(C)N(CCOC)CCOC)cc2)cc1. The Hall–Kier alpha value is -2.50. The molecule has 0 heterocycles. The Morgan fingerprint density at radius 1 is 0.595 bits per heavy atom. The highest BCUT2D eigenvalue weighted by atomic mass is 16.5. The van der Waals surface area contributed by atoms with Crippen molar-refractivity contribution in [3.63, 3.8) is 0 Å². The molecule has 9 nitrogen and oxygen atoms in total. The highest BCUT2D eigenvalue weighted by Crippen LogP contribution is 2.27. The van der Waals surface area contributed by atoms with E-state index in [0.29, 0.717) is 74.9 Å². The second-order valence-corrected chi connectivity index (χ2v) is 11.4. The van der Waals surface area contributed by atoms with Gasteiger partial charge in [-0.15, -0.1) is 0 Å². The molecular weight excluding hydrogens is 536 g/mol. The molecule has 234 valence electrons. The maximum Gasteiger partial charge on any atom is 0.182 e. The van der Waals surface area contributed by atoms with E-state index < -0.39 is 17.2 Å². The molecule has 0 saturated carbocycles. The first-order chi connectivity index (χ1) is 19.9. The number of hydrogen-bond acceptors (Lipinski definition) is 9. The number of ketones is 2. The van der Waals surface area contributed by atoms with Crippen LogP contribution in [0.25, 0.3) is 0 Å². The van der Waals surface area contributed by atoms with Crippen LogP contribution in [-0.2, 0) is 18.9 Å². The zero-order chi connectivity index (χ0) is 31.3. The van der Waals surface area contributed by atoms with E-state index in [-0.39, 0.29) is 11.6 Å². The first kappa shape index (κ1) is 35.7. The predicted octanol–water partition coefficient (Wildman–Crippen LogP) is 3.88. The Morgan fingerprint density at radius 3 is 1.10 bits per heavy atom. The second kappa shape index (κ2) is 17.0. The number of methoxy groups -OCH3 is 4. The normalized spacial score (nSPS) is 12.5. The van der Waals surface area contributed by atoms with Crippen LogP contribution in [0.3, 0.4) is 0 Å². The molecule has 1 N–H and O–H groups in total. The van der Waals surface area contributed by atoms with Crippen molar-refractivity contribution >= 4 is 11.6 Å². The van der Waals surface area contributed by atoms with Crippen molar-refractivity contribution in [3.8, 4) is 0 Å². The van der Waals surface area contributed by atoms with Crippen LogP contribution in [-0.4, -0.2) is 119 Å². The number of rotatable bonds is 20. The highest BCUT2D eigenvalue weighted by Gasteiger charge is 2.36. The van der Waals surface area contributed by atoms with Gasteiger partial charge in [-0.3, -0.25) is 19.4 Å². The molecule has 2 aromatic rings. The maximum absolute atomic E-state index is 13.5. The standard InChI is InChI=1S/C33H50N2O7/c1-32(2,34(17-21-39-5)18-22-40-6)30(37)27-13-9-25(10-14-27)29(36)26-11-15-28(16-12-26)31(38)33(3,4)35(19-23-41-7)20-24-42-8/h9-16,29,36H,17-24H2,1-8H3. The number of carbonyl (C=O) groups is 2. The van der Waals surface area contributed by atoms with Crippen LogP contribution in [0.1, 0.15) is 65.6 Å². The molecule has 0 aliphatic carbocycles. The topological polar surface area (TPSA) is 97.8 Å². The van der Waals surface area contributed by atoms with Gasteiger partial charge < -0.3 is 24.1 Å². The van der Waals surface area contributed by atoms with Crippen LogP contribution < -0.4 is 0 Å². The number of hydrogen-bond donors (Lipinski definition) is 1. The monoisotopic (exact) mass is 586 g/mol. The Bertz CT molecular complexity index is 997. The Morgan fingerprint density at radius 2 is 0.857 bits per heavy atom. The fourth-order valence-corrected chi connectivity index (χ4v) is 4.97. The summed E-state index contributed by atoms with van der Waals surface area (Å²) in [6.07, 6.45) is -0.904. The van der Waals surface area contributed by atoms with Crippen LogP contribution in [0, 0.1) is 0 Å². The van der Waals surface area contributed by atoms with Gasteiger partial charge in [0.25, 0.3) is 0 Å². The number of aliphatic hydroxyl groups is 1. The number of aliphatic hydroxyl groups excluding tert-OH is 1. The summed E-state index contributed by atoms with van der Waals surface area (Å²) in [5.41, 5.74) is 0.900. The largest absolute Gasteiger partial charge is 0.384 e. The third-order valence-electron chi connectivity index (χ3n) is 7.93. The van der Waals surface area contributed by atoms with Crippen LogP contribution >= 0.6 is 0 Å². The van der Waals surface area contributed by atoms with Gasteiger partial charge in [0, 0.05) is 65.7 Å². The van der Waals surface area contributed by atoms with E-state index in [9.17, 15) is 14.7 Å². The lowest BCUT2D eigenvalue weighted by Gasteiger charge is -2.37. The average Bonchev–Trinajstić information content (AvgIpc) is 2.99. The zero-order valence-corrected chi connectivity index (χ0v) is 26.6. The van der Waals surface area contributed by atoms with Gasteiger partial charge in [-0.25, -0.2) is 0 Å². The highest BCUT2D eigenvalue weighted by molar-refractivity contribution is 6.03. The van der Waals surface area contributed by atoms with Gasteiger partial charge in [-0.2, -0.15) is 0 Å². The lowest BCUT2D eigenvalue weighted by atomic mass is 9.89. The van der Waals surface area contributed by atoms with E-state index in [2.05, 4.69) is 9.80 Å². The Balaban J connectivity index is 2.18. The summed E-state index contributed by atoms with van der Waals surface area (Å²) in [4.78, 5) is 31.1. The van der Waals surface area contributed by atoms with Crippen molar-refractivity contribution < 1.29 is 33.6 Å². The number of nitrogens with zero attached hydrogens (tertiary/aromatic N) is 2. The molecule has 0 amide bonds. The molecule has 42 heavy (non-hydrogen) atoms. The van der Waals surface area contributed by atoms with Crippen molar-refractivity contribution in [1.29, 1.82) is 0 Å². The summed E-state index contributed by atoms with van der Waals surface area (Å²) in [5.74, 6) is -0.0439. The Labute approximate surface area is 251 Å². The third kappa shape index (κ3) is 9.25. The number of ether oxygens (including phenoxy) is 4. The first-order valence-electron chi connectivity index (χ1n) is 14.4. The van der Waals surface area contributed by atoms with Crippen LogP contribution in [0.15, 0.2) is 48.5 Å². The molecule has 0 unspecified atom stereocenters. The molecular formula is C33H50N2O7. The number of carbonyl (C=O) groups excluding carboxylic acids is 2. The van der Waals surface area contributed by atoms with Crippen molar-refractivity contribution in [1.82, 2.24) is 9.80 Å². The molecule has 0 saturated heterocycles. The van der Waals surface area contributed by atoms with Gasteiger partial charge in [0.1, 0.15) is 6.10 Å². The molecule has 9 heteroatoms. The number of benzene rings is 2. The molecule has 0 aromatic heterocycles. The van der Waals surface area contributed by atoms with Gasteiger partial charge in [0.15, 0.2) is 11.6 Å². The fourth-order valence-electron chi connectivity index (χ4n) is 4.97. The van der Waals surface area contributed by atoms with Crippen molar-refractivity contribution in [2.75, 3.05) is 81.0 Å². The molecule has 0 aliphatic heterocycles. The molecule has 0 fully saturated rings. The van der Waals surface area contributed by atoms with Gasteiger partial charge >= 0.3 is 0 Å². The lowest BCUT2D eigenvalue weighted by molar-refractivity contribution is 0.0415. The molecule has 0 bridgehead atoms. The lowest BCUT2D eigenvalue weighted by Crippen LogP contribution is -2.52. The van der Waals surface area contributed by atoms with Crippen molar-refractivity contribution in [3.05, 3.63) is 70.8 Å². The van der Waals surface area contributed by atoms with Gasteiger partial charge in [-0.05, 0) is 38.8 Å². The maximum atomic E-state index is 13.5. The molecule has 0 atom stereocenters. The first-order valence-corrected chi connectivity index (χ1v) is 14.4. The van der Waals surface area contributed by atoms with Gasteiger partial charge in [0.2, 0.25) is 0 Å². The Kier molecular flexibility index (Phi) is 14.4. The van der Waals surface area contributed by atoms with E-state index >= 15 is 0 Å². The fraction of sp³-hybridized carbons (Fsp3) is 0.576. The van der Waals surface area contributed by atoms with Crippen LogP contribution in [0.5, 0.6) is 0 Å². The molecule has 0 spiro atoms.